The highest BCUT2D eigenvalue weighted by Crippen LogP contribution is 2.23. The van der Waals surface area contributed by atoms with Crippen LogP contribution in [0.2, 0.25) is 5.02 Å². The Bertz CT molecular complexity index is 791. The van der Waals surface area contributed by atoms with Crippen molar-refractivity contribution in [2.45, 2.75) is 0 Å². The average Bonchev–Trinajstić information content (AvgIpc) is 2.78. The molecule has 0 aliphatic rings. The molecule has 0 radical (unpaired) electrons. The zero-order chi connectivity index (χ0) is 15.6. The summed E-state index contributed by atoms with van der Waals surface area (Å²) in [6, 6.07) is 3.46. The van der Waals surface area contributed by atoms with Crippen LogP contribution in [0.25, 0.3) is 0 Å². The minimum absolute atomic E-state index is 0.00626. The Morgan fingerprint density at radius 1 is 1.38 bits per heavy atom. The molecule has 0 aliphatic heterocycles. The molecule has 3 N–H and O–H groups in total. The summed E-state index contributed by atoms with van der Waals surface area (Å²) in [5.74, 6) is -1.22. The number of hydrogen-bond acceptors (Lipinski definition) is 4. The monoisotopic (exact) mass is 332 g/mol. The fourth-order valence-electron chi connectivity index (χ4n) is 1.51. The number of halogens is 2. The van der Waals surface area contributed by atoms with Gasteiger partial charge in [0.1, 0.15) is 11.5 Å². The van der Waals surface area contributed by atoms with Crippen LogP contribution in [0.5, 0.6) is 0 Å². The van der Waals surface area contributed by atoms with Crippen molar-refractivity contribution in [1.82, 2.24) is 10.2 Å². The number of aromatic nitrogens is 2. The minimum Gasteiger partial charge on any atom is -0.319 e. The normalized spacial score (nSPS) is 11.2. The molecule has 0 saturated carbocycles. The van der Waals surface area contributed by atoms with Crippen molar-refractivity contribution in [2.75, 3.05) is 16.3 Å². The number of nitrogens with one attached hydrogen (secondary N) is 3. The van der Waals surface area contributed by atoms with Crippen molar-refractivity contribution in [3.05, 3.63) is 40.9 Å². The van der Waals surface area contributed by atoms with Crippen molar-refractivity contribution in [3.63, 3.8) is 0 Å². The van der Waals surface area contributed by atoms with Crippen LogP contribution in [0.3, 0.4) is 0 Å². The van der Waals surface area contributed by atoms with E-state index in [4.69, 9.17) is 11.6 Å². The van der Waals surface area contributed by atoms with Crippen molar-refractivity contribution in [1.29, 1.82) is 0 Å². The first kappa shape index (κ1) is 15.3. The number of carbonyl (C=O) groups is 1. The summed E-state index contributed by atoms with van der Waals surface area (Å²) in [6.07, 6.45) is 2.10. The summed E-state index contributed by atoms with van der Waals surface area (Å²) < 4.78 is 37.4. The number of hydrogen-bond donors (Lipinski definition) is 3. The van der Waals surface area contributed by atoms with Gasteiger partial charge in [-0.25, -0.2) is 12.8 Å². The van der Waals surface area contributed by atoms with Gasteiger partial charge in [0.25, 0.3) is 5.91 Å². The molecule has 0 aliphatic carbocycles. The van der Waals surface area contributed by atoms with Crippen molar-refractivity contribution < 1.29 is 17.6 Å². The van der Waals surface area contributed by atoms with E-state index < -0.39 is 21.7 Å². The first-order valence-corrected chi connectivity index (χ1v) is 7.81. The van der Waals surface area contributed by atoms with Crippen LogP contribution >= 0.6 is 11.6 Å². The van der Waals surface area contributed by atoms with E-state index in [0.717, 1.165) is 24.6 Å². The third-order valence-corrected chi connectivity index (χ3v) is 3.24. The highest BCUT2D eigenvalue weighted by atomic mass is 35.5. The molecule has 0 saturated heterocycles. The zero-order valence-corrected chi connectivity index (χ0v) is 12.2. The molecule has 10 heteroatoms. The molecule has 7 nitrogen and oxygen atoms in total. The summed E-state index contributed by atoms with van der Waals surface area (Å²) in [4.78, 5) is 12.0. The van der Waals surface area contributed by atoms with Gasteiger partial charge >= 0.3 is 0 Å². The molecular formula is C11H10ClFN4O3S. The quantitative estimate of drug-likeness (QED) is 0.794. The van der Waals surface area contributed by atoms with Crippen molar-refractivity contribution >= 4 is 38.9 Å². The second-order valence-corrected chi connectivity index (χ2v) is 6.27. The fourth-order valence-corrected chi connectivity index (χ4v) is 2.28. The molecule has 21 heavy (non-hydrogen) atoms. The standard InChI is InChI=1S/C11H10ClFN4O3S/c1-21(19,20)17-9-5-14-16-10(9)11(18)15-8-3-2-6(13)4-7(8)12/h2-5,17H,1H3,(H,14,16)(H,15,18). The maximum atomic E-state index is 12.9. The number of sulfonamides is 1. The molecule has 1 aromatic heterocycles. The number of benzene rings is 1. The van der Waals surface area contributed by atoms with Crippen LogP contribution in [-0.4, -0.2) is 30.8 Å². The Morgan fingerprint density at radius 3 is 2.71 bits per heavy atom. The van der Waals surface area contributed by atoms with E-state index in [1.165, 1.54) is 6.07 Å². The molecule has 1 aromatic carbocycles. The second-order valence-electron chi connectivity index (χ2n) is 4.11. The zero-order valence-electron chi connectivity index (χ0n) is 10.6. The molecule has 0 fully saturated rings. The lowest BCUT2D eigenvalue weighted by Gasteiger charge is -2.08. The number of carbonyl (C=O) groups excluding carboxylic acids is 1. The first-order valence-electron chi connectivity index (χ1n) is 5.54. The van der Waals surface area contributed by atoms with Crippen LogP contribution in [-0.2, 0) is 10.0 Å². The number of amides is 1. The number of anilines is 2. The van der Waals surface area contributed by atoms with Gasteiger partial charge < -0.3 is 5.32 Å². The Labute approximate surface area is 124 Å². The Morgan fingerprint density at radius 2 is 2.10 bits per heavy atom. The molecule has 1 amide bonds. The van der Waals surface area contributed by atoms with E-state index in [9.17, 15) is 17.6 Å². The predicted molar refractivity (Wildman–Crippen MR) is 76.4 cm³/mol. The van der Waals surface area contributed by atoms with E-state index >= 15 is 0 Å². The average molecular weight is 333 g/mol. The van der Waals surface area contributed by atoms with E-state index in [1.807, 2.05) is 0 Å². The van der Waals surface area contributed by atoms with Gasteiger partial charge in [0, 0.05) is 0 Å². The molecule has 0 spiro atoms. The smallest absolute Gasteiger partial charge is 0.275 e. The largest absolute Gasteiger partial charge is 0.319 e. The Kier molecular flexibility index (Phi) is 4.14. The number of aromatic amines is 1. The van der Waals surface area contributed by atoms with Crippen LogP contribution in [0.1, 0.15) is 10.5 Å². The number of rotatable bonds is 4. The Balaban J connectivity index is 2.23. The van der Waals surface area contributed by atoms with Crippen LogP contribution in [0, 0.1) is 5.82 Å². The molecule has 0 unspecified atom stereocenters. The van der Waals surface area contributed by atoms with Gasteiger partial charge in [0.05, 0.1) is 28.9 Å². The van der Waals surface area contributed by atoms with Gasteiger partial charge in [0.2, 0.25) is 10.0 Å². The van der Waals surface area contributed by atoms with Gasteiger partial charge in [-0.3, -0.25) is 14.6 Å². The summed E-state index contributed by atoms with van der Waals surface area (Å²) in [7, 11) is -3.56. The van der Waals surface area contributed by atoms with E-state index in [-0.39, 0.29) is 22.1 Å². The molecule has 2 aromatic rings. The maximum Gasteiger partial charge on any atom is 0.275 e. The van der Waals surface area contributed by atoms with Crippen molar-refractivity contribution in [3.8, 4) is 0 Å². The van der Waals surface area contributed by atoms with Crippen LogP contribution in [0.15, 0.2) is 24.4 Å². The third kappa shape index (κ3) is 3.92. The summed E-state index contributed by atoms with van der Waals surface area (Å²) in [5, 5.41) is 8.41. The number of nitrogens with zero attached hydrogens (tertiary/aromatic N) is 1. The van der Waals surface area contributed by atoms with Crippen LogP contribution in [0.4, 0.5) is 15.8 Å². The topological polar surface area (TPSA) is 104 Å². The van der Waals surface area contributed by atoms with E-state index in [2.05, 4.69) is 20.2 Å². The van der Waals surface area contributed by atoms with Crippen molar-refractivity contribution in [2.24, 2.45) is 0 Å². The van der Waals surface area contributed by atoms with Gasteiger partial charge in [-0.05, 0) is 18.2 Å². The lowest BCUT2D eigenvalue weighted by atomic mass is 10.3. The van der Waals surface area contributed by atoms with Gasteiger partial charge in [-0.1, -0.05) is 11.6 Å². The second kappa shape index (κ2) is 5.70. The molecule has 112 valence electrons. The van der Waals surface area contributed by atoms with E-state index in [1.54, 1.807) is 0 Å². The van der Waals surface area contributed by atoms with Gasteiger partial charge in [-0.2, -0.15) is 5.10 Å². The highest BCUT2D eigenvalue weighted by molar-refractivity contribution is 7.92. The number of H-pyrrole nitrogens is 1. The Hall–Kier alpha value is -2.13. The molecular weight excluding hydrogens is 323 g/mol. The SMILES string of the molecule is CS(=O)(=O)Nc1cn[nH]c1C(=O)Nc1ccc(F)cc1Cl. The summed E-state index contributed by atoms with van der Waals surface area (Å²) in [5.41, 5.74) is 0.0806. The minimum atomic E-state index is -3.56. The lowest BCUT2D eigenvalue weighted by molar-refractivity contribution is 0.102. The molecule has 2 rings (SSSR count). The summed E-state index contributed by atoms with van der Waals surface area (Å²) >= 11 is 5.79. The van der Waals surface area contributed by atoms with Gasteiger partial charge in [-0.15, -0.1) is 0 Å². The third-order valence-electron chi connectivity index (χ3n) is 2.34. The molecule has 0 atom stereocenters. The summed E-state index contributed by atoms with van der Waals surface area (Å²) in [6.45, 7) is 0. The predicted octanol–water partition coefficient (Wildman–Crippen LogP) is 1.83. The highest BCUT2D eigenvalue weighted by Gasteiger charge is 2.17. The first-order chi connectivity index (χ1) is 9.76. The molecule has 0 bridgehead atoms. The van der Waals surface area contributed by atoms with Crippen LogP contribution < -0.4 is 10.0 Å². The van der Waals surface area contributed by atoms with E-state index in [0.29, 0.717) is 0 Å². The van der Waals surface area contributed by atoms with Gasteiger partial charge in [0.15, 0.2) is 0 Å². The molecule has 1 heterocycles. The maximum absolute atomic E-state index is 12.9. The fraction of sp³-hybridized carbons (Fsp3) is 0.0909. The lowest BCUT2D eigenvalue weighted by Crippen LogP contribution is -2.17.